The van der Waals surface area contributed by atoms with Crippen molar-refractivity contribution < 1.29 is 14.3 Å². The zero-order valence-corrected chi connectivity index (χ0v) is 13.4. The van der Waals surface area contributed by atoms with Crippen molar-refractivity contribution in [3.63, 3.8) is 0 Å². The van der Waals surface area contributed by atoms with Crippen molar-refractivity contribution in [3.05, 3.63) is 29.3 Å². The van der Waals surface area contributed by atoms with E-state index >= 15 is 0 Å². The van der Waals surface area contributed by atoms with Crippen molar-refractivity contribution in [2.75, 3.05) is 27.3 Å². The summed E-state index contributed by atoms with van der Waals surface area (Å²) in [4.78, 5) is 11.4. The van der Waals surface area contributed by atoms with E-state index in [1.165, 1.54) is 0 Å². The average molecular weight is 294 g/mol. The topological polar surface area (TPSA) is 59.6 Å². The van der Waals surface area contributed by atoms with Crippen LogP contribution in [0.5, 0.6) is 5.75 Å². The van der Waals surface area contributed by atoms with Crippen molar-refractivity contribution in [3.8, 4) is 5.75 Å². The third-order valence-corrected chi connectivity index (χ3v) is 3.28. The number of carbonyl (C=O) groups is 1. The highest BCUT2D eigenvalue weighted by Gasteiger charge is 2.10. The van der Waals surface area contributed by atoms with E-state index in [2.05, 4.69) is 23.6 Å². The van der Waals surface area contributed by atoms with Crippen LogP contribution in [0.2, 0.25) is 0 Å². The highest BCUT2D eigenvalue weighted by atomic mass is 16.5. The molecular formula is C16H26N2O3. The number of rotatable bonds is 9. The van der Waals surface area contributed by atoms with E-state index in [-0.39, 0.29) is 11.9 Å². The lowest BCUT2D eigenvalue weighted by Crippen LogP contribution is -2.28. The molecule has 0 fully saturated rings. The predicted molar refractivity (Wildman–Crippen MR) is 83.4 cm³/mol. The maximum absolute atomic E-state index is 11.4. The lowest BCUT2D eigenvalue weighted by Gasteiger charge is -2.17. The van der Waals surface area contributed by atoms with Crippen molar-refractivity contribution >= 4 is 5.91 Å². The molecular weight excluding hydrogens is 268 g/mol. The first-order valence-corrected chi connectivity index (χ1v) is 7.28. The van der Waals surface area contributed by atoms with E-state index < -0.39 is 0 Å². The SMILES string of the molecule is CCNC(=O)CCNC(C)c1ccc(OC)c(COC)c1. The van der Waals surface area contributed by atoms with Gasteiger partial charge in [-0.1, -0.05) is 6.07 Å². The Morgan fingerprint density at radius 2 is 2.10 bits per heavy atom. The highest BCUT2D eigenvalue weighted by Crippen LogP contribution is 2.23. The number of hydrogen-bond acceptors (Lipinski definition) is 4. The molecule has 0 radical (unpaired) electrons. The molecule has 0 aliphatic rings. The maximum Gasteiger partial charge on any atom is 0.221 e. The molecule has 1 aromatic rings. The molecule has 0 saturated carbocycles. The average Bonchev–Trinajstić information content (AvgIpc) is 2.47. The van der Waals surface area contributed by atoms with E-state index in [1.807, 2.05) is 19.1 Å². The van der Waals surface area contributed by atoms with Gasteiger partial charge in [0, 0.05) is 38.2 Å². The van der Waals surface area contributed by atoms with Crippen molar-refractivity contribution in [2.45, 2.75) is 32.9 Å². The summed E-state index contributed by atoms with van der Waals surface area (Å²) in [5.74, 6) is 0.905. The lowest BCUT2D eigenvalue weighted by molar-refractivity contribution is -0.120. The first kappa shape index (κ1) is 17.5. The monoisotopic (exact) mass is 294 g/mol. The molecule has 118 valence electrons. The second-order valence-electron chi connectivity index (χ2n) is 4.88. The van der Waals surface area contributed by atoms with Gasteiger partial charge in [-0.3, -0.25) is 4.79 Å². The van der Waals surface area contributed by atoms with Crippen LogP contribution in [0.1, 0.15) is 37.4 Å². The fraction of sp³-hybridized carbons (Fsp3) is 0.562. The largest absolute Gasteiger partial charge is 0.496 e. The fourth-order valence-electron chi connectivity index (χ4n) is 2.14. The minimum Gasteiger partial charge on any atom is -0.496 e. The van der Waals surface area contributed by atoms with Gasteiger partial charge in [0.05, 0.1) is 13.7 Å². The summed E-state index contributed by atoms with van der Waals surface area (Å²) in [5.41, 5.74) is 2.17. The molecule has 1 atom stereocenters. The Morgan fingerprint density at radius 1 is 1.33 bits per heavy atom. The Balaban J connectivity index is 2.59. The number of carbonyl (C=O) groups excluding carboxylic acids is 1. The zero-order valence-electron chi connectivity index (χ0n) is 13.4. The number of benzene rings is 1. The third-order valence-electron chi connectivity index (χ3n) is 3.28. The molecule has 0 spiro atoms. The summed E-state index contributed by atoms with van der Waals surface area (Å²) in [7, 11) is 3.32. The van der Waals surface area contributed by atoms with Crippen LogP contribution in [-0.4, -0.2) is 33.2 Å². The van der Waals surface area contributed by atoms with Gasteiger partial charge in [-0.05, 0) is 31.5 Å². The van der Waals surface area contributed by atoms with Gasteiger partial charge in [0.1, 0.15) is 5.75 Å². The number of ether oxygens (including phenoxy) is 2. The van der Waals surface area contributed by atoms with Crippen LogP contribution in [0, 0.1) is 0 Å². The molecule has 2 N–H and O–H groups in total. The van der Waals surface area contributed by atoms with Crippen LogP contribution in [0.4, 0.5) is 0 Å². The molecule has 21 heavy (non-hydrogen) atoms. The standard InChI is InChI=1S/C16H26N2O3/c1-5-17-16(19)8-9-18-12(2)13-6-7-15(21-4)14(10-13)11-20-3/h6-7,10,12,18H,5,8-9,11H2,1-4H3,(H,17,19). The van der Waals surface area contributed by atoms with Crippen LogP contribution in [-0.2, 0) is 16.1 Å². The Kier molecular flexibility index (Phi) is 7.79. The lowest BCUT2D eigenvalue weighted by atomic mass is 10.0. The van der Waals surface area contributed by atoms with E-state index in [4.69, 9.17) is 9.47 Å². The Labute approximate surface area is 127 Å². The summed E-state index contributed by atoms with van der Waals surface area (Å²) in [6.07, 6.45) is 0.485. The molecule has 0 aromatic heterocycles. The first-order chi connectivity index (χ1) is 10.1. The summed E-state index contributed by atoms with van der Waals surface area (Å²) in [6, 6.07) is 6.22. The van der Waals surface area contributed by atoms with Crippen LogP contribution in [0.15, 0.2) is 18.2 Å². The summed E-state index contributed by atoms with van der Waals surface area (Å²) in [6.45, 7) is 5.84. The van der Waals surface area contributed by atoms with E-state index in [0.29, 0.717) is 26.1 Å². The molecule has 0 saturated heterocycles. The van der Waals surface area contributed by atoms with E-state index in [0.717, 1.165) is 16.9 Å². The van der Waals surface area contributed by atoms with Gasteiger partial charge >= 0.3 is 0 Å². The Hall–Kier alpha value is -1.59. The van der Waals surface area contributed by atoms with Crippen molar-refractivity contribution in [2.24, 2.45) is 0 Å². The molecule has 0 bridgehead atoms. The van der Waals surface area contributed by atoms with Gasteiger partial charge in [0.15, 0.2) is 0 Å². The minimum atomic E-state index is 0.0759. The molecule has 1 aromatic carbocycles. The van der Waals surface area contributed by atoms with Crippen LogP contribution in [0.3, 0.4) is 0 Å². The Bertz CT molecular complexity index is 449. The second-order valence-corrected chi connectivity index (χ2v) is 4.88. The van der Waals surface area contributed by atoms with Crippen LogP contribution < -0.4 is 15.4 Å². The third kappa shape index (κ3) is 5.73. The molecule has 0 heterocycles. The Morgan fingerprint density at radius 3 is 2.71 bits per heavy atom. The van der Waals surface area contributed by atoms with Gasteiger partial charge in [-0.15, -0.1) is 0 Å². The quantitative estimate of drug-likeness (QED) is 0.731. The normalized spacial score (nSPS) is 12.0. The van der Waals surface area contributed by atoms with Crippen LogP contribution >= 0.6 is 0 Å². The van der Waals surface area contributed by atoms with Crippen LogP contribution in [0.25, 0.3) is 0 Å². The molecule has 5 heteroatoms. The summed E-state index contributed by atoms with van der Waals surface area (Å²) < 4.78 is 10.5. The molecule has 1 unspecified atom stereocenters. The zero-order chi connectivity index (χ0) is 15.7. The van der Waals surface area contributed by atoms with Crippen molar-refractivity contribution in [1.82, 2.24) is 10.6 Å². The van der Waals surface area contributed by atoms with Gasteiger partial charge in [-0.2, -0.15) is 0 Å². The highest BCUT2D eigenvalue weighted by molar-refractivity contribution is 5.75. The molecule has 1 rings (SSSR count). The van der Waals surface area contributed by atoms with E-state index in [9.17, 15) is 4.79 Å². The summed E-state index contributed by atoms with van der Waals surface area (Å²) >= 11 is 0. The first-order valence-electron chi connectivity index (χ1n) is 7.28. The molecule has 1 amide bonds. The minimum absolute atomic E-state index is 0.0759. The summed E-state index contributed by atoms with van der Waals surface area (Å²) in [5, 5.41) is 6.14. The number of nitrogens with one attached hydrogen (secondary N) is 2. The fourth-order valence-corrected chi connectivity index (χ4v) is 2.14. The van der Waals surface area contributed by atoms with Crippen molar-refractivity contribution in [1.29, 1.82) is 0 Å². The maximum atomic E-state index is 11.4. The van der Waals surface area contributed by atoms with Gasteiger partial charge < -0.3 is 20.1 Å². The smallest absolute Gasteiger partial charge is 0.221 e. The molecule has 0 aliphatic heterocycles. The molecule has 0 aliphatic carbocycles. The second kappa shape index (κ2) is 9.37. The van der Waals surface area contributed by atoms with Gasteiger partial charge in [0.25, 0.3) is 0 Å². The molecule has 5 nitrogen and oxygen atoms in total. The number of hydrogen-bond donors (Lipinski definition) is 2. The number of amides is 1. The van der Waals surface area contributed by atoms with Gasteiger partial charge in [0.2, 0.25) is 5.91 Å². The van der Waals surface area contributed by atoms with Gasteiger partial charge in [-0.25, -0.2) is 0 Å². The van der Waals surface area contributed by atoms with E-state index in [1.54, 1.807) is 14.2 Å². The number of methoxy groups -OCH3 is 2. The predicted octanol–water partition coefficient (Wildman–Crippen LogP) is 2.02.